The van der Waals surface area contributed by atoms with Crippen LogP contribution in [0.5, 0.6) is 0 Å². The second-order valence-corrected chi connectivity index (χ2v) is 8.50. The maximum absolute atomic E-state index is 8.58. The van der Waals surface area contributed by atoms with Crippen LogP contribution in [0.2, 0.25) is 0 Å². The summed E-state index contributed by atoms with van der Waals surface area (Å²) in [5.41, 5.74) is -2.64. The summed E-state index contributed by atoms with van der Waals surface area (Å²) in [5, 5.41) is 39.5. The molecule has 0 rings (SSSR count). The third-order valence-corrected chi connectivity index (χ3v) is 3.73. The number of nitrogens with zero attached hydrogens (tertiary/aromatic N) is 8. The van der Waals surface area contributed by atoms with Crippen molar-refractivity contribution in [2.75, 3.05) is 28.2 Å². The predicted octanol–water partition coefficient (Wildman–Crippen LogP) is 4.38. The van der Waals surface area contributed by atoms with Gasteiger partial charge in [-0.2, -0.15) is 31.0 Å². The average molecular weight is 492 g/mol. The van der Waals surface area contributed by atoms with Crippen LogP contribution in [0.3, 0.4) is 0 Å². The van der Waals surface area contributed by atoms with E-state index in [1.165, 1.54) is 0 Å². The normalized spacial score (nSPS) is 13.2. The van der Waals surface area contributed by atoms with Gasteiger partial charge < -0.3 is 10.6 Å². The fourth-order valence-electron chi connectivity index (χ4n) is 2.02. The van der Waals surface area contributed by atoms with Crippen molar-refractivity contribution in [3.8, 4) is 12.1 Å². The quantitative estimate of drug-likeness (QED) is 0.322. The highest BCUT2D eigenvalue weighted by molar-refractivity contribution is 5.91. The van der Waals surface area contributed by atoms with E-state index >= 15 is 0 Å². The number of rotatable bonds is 6. The Balaban J connectivity index is -0.000000247. The molecule has 0 heterocycles. The van der Waals surface area contributed by atoms with Crippen molar-refractivity contribution in [2.24, 2.45) is 30.4 Å². The molecule has 0 saturated heterocycles. The van der Waals surface area contributed by atoms with E-state index < -0.39 is 22.2 Å². The summed E-state index contributed by atoms with van der Waals surface area (Å²) in [4.78, 5) is 8.34. The Morgan fingerprint density at radius 2 is 0.844 bits per heavy atom. The Hall–Kier alpha value is -2.30. The summed E-state index contributed by atoms with van der Waals surface area (Å²) < 4.78 is 0. The molecule has 0 aromatic heterocycles. The van der Waals surface area contributed by atoms with Gasteiger partial charge in [0.2, 0.25) is 0 Å². The molecule has 0 spiro atoms. The Morgan fingerprint density at radius 1 is 0.594 bits per heavy atom. The number of nitriles is 2. The van der Waals surface area contributed by atoms with Gasteiger partial charge in [0.25, 0.3) is 0 Å². The molecule has 0 bridgehead atoms. The van der Waals surface area contributed by atoms with Gasteiger partial charge in [0.05, 0.1) is 12.1 Å². The minimum Gasteiger partial charge on any atom is -0.375 e. The fourth-order valence-corrected chi connectivity index (χ4v) is 2.02. The van der Waals surface area contributed by atoms with Crippen LogP contribution in [0, 0.1) is 22.7 Å². The van der Waals surface area contributed by atoms with Crippen LogP contribution in [0.15, 0.2) is 30.4 Å². The van der Waals surface area contributed by atoms with Gasteiger partial charge in [-0.3, -0.25) is 9.98 Å². The van der Waals surface area contributed by atoms with Gasteiger partial charge in [-0.1, -0.05) is 0 Å². The van der Waals surface area contributed by atoms with E-state index in [0.717, 1.165) is 11.7 Å². The number of nitrogens with one attached hydrogen (secondary N) is 2. The van der Waals surface area contributed by atoms with E-state index in [1.54, 1.807) is 41.8 Å². The third-order valence-electron chi connectivity index (χ3n) is 3.73. The largest absolute Gasteiger partial charge is 0.375 e. The van der Waals surface area contributed by atoms with E-state index in [-0.39, 0.29) is 24.8 Å². The summed E-state index contributed by atoms with van der Waals surface area (Å²) in [6.07, 6.45) is 0. The smallest absolute Gasteiger partial charge is 0.162 e. The summed E-state index contributed by atoms with van der Waals surface area (Å²) >= 11 is 0. The Kier molecular flexibility index (Phi) is 17.9. The first-order valence-corrected chi connectivity index (χ1v) is 9.58. The van der Waals surface area contributed by atoms with Gasteiger partial charge in [0.15, 0.2) is 11.1 Å². The molecule has 10 nitrogen and oxygen atoms in total. The lowest BCUT2D eigenvalue weighted by Gasteiger charge is -2.25. The van der Waals surface area contributed by atoms with Crippen molar-refractivity contribution in [2.45, 2.75) is 77.5 Å². The standard InChI is InChI=1S/C12H26N6.C8H12N4.2ClH/c1-11(2,9(13-5)14-6)17-18-12(3,4)10(15-7)16-8;1-7(2,5-9)11-12-8(3,4)6-10;;/h1-8H3,(H,13,14)(H,15,16);1-4H3;2*1H/b18-17+;12-11+;;. The van der Waals surface area contributed by atoms with Gasteiger partial charge in [0.1, 0.15) is 22.7 Å². The minimum atomic E-state index is -0.839. The van der Waals surface area contributed by atoms with Crippen molar-refractivity contribution < 1.29 is 0 Å². The molecule has 0 aromatic carbocycles. The topological polar surface area (TPSA) is 146 Å². The second kappa shape index (κ2) is 15.5. The molecule has 0 amide bonds. The number of likely N-dealkylation sites (N-methyl/N-ethyl adjacent to an activating group) is 2. The molecule has 0 atom stereocenters. The Bertz CT molecular complexity index is 689. The SMILES string of the molecule is C/N=C(\NC)C(C)(C)/N=N/C(C)(C)/C(=N/C)NC.CC(C)(C#N)/N=N/C(C)(C)C#N.Cl.Cl. The zero-order valence-electron chi connectivity index (χ0n) is 21.4. The molecule has 0 aliphatic heterocycles. The highest BCUT2D eigenvalue weighted by Crippen LogP contribution is 2.17. The van der Waals surface area contributed by atoms with Crippen LogP contribution in [0.25, 0.3) is 0 Å². The van der Waals surface area contributed by atoms with Crippen molar-refractivity contribution in [3.05, 3.63) is 0 Å². The number of azo groups is 2. The van der Waals surface area contributed by atoms with Gasteiger partial charge in [0, 0.05) is 28.2 Å². The molecule has 0 fully saturated rings. The van der Waals surface area contributed by atoms with Gasteiger partial charge in [-0.25, -0.2) is 0 Å². The highest BCUT2D eigenvalue weighted by atomic mass is 35.5. The summed E-state index contributed by atoms with van der Waals surface area (Å²) in [7, 11) is 7.14. The Labute approximate surface area is 206 Å². The molecule has 0 aliphatic carbocycles. The van der Waals surface area contributed by atoms with E-state index in [9.17, 15) is 0 Å². The molecule has 0 unspecified atom stereocenters. The summed E-state index contributed by atoms with van der Waals surface area (Å²) in [5.74, 6) is 1.59. The third kappa shape index (κ3) is 13.9. The summed E-state index contributed by atoms with van der Waals surface area (Å²) in [6.45, 7) is 14.4. The summed E-state index contributed by atoms with van der Waals surface area (Å²) in [6, 6.07) is 3.94. The lowest BCUT2D eigenvalue weighted by atomic mass is 10.0. The zero-order chi connectivity index (χ0) is 24.2. The number of hydrogen-bond acceptors (Lipinski definition) is 8. The average Bonchev–Trinajstić information content (AvgIpc) is 2.67. The van der Waals surface area contributed by atoms with Crippen LogP contribution >= 0.6 is 24.8 Å². The first-order valence-electron chi connectivity index (χ1n) is 9.58. The van der Waals surface area contributed by atoms with E-state index in [4.69, 9.17) is 10.5 Å². The molecule has 12 heteroatoms. The molecule has 0 aromatic rings. The molecular formula is C20H40Cl2N10. The lowest BCUT2D eigenvalue weighted by molar-refractivity contribution is 0.541. The first-order chi connectivity index (χ1) is 13.6. The Morgan fingerprint density at radius 3 is 1.00 bits per heavy atom. The maximum Gasteiger partial charge on any atom is 0.162 e. The highest BCUT2D eigenvalue weighted by Gasteiger charge is 2.28. The second-order valence-electron chi connectivity index (χ2n) is 8.50. The first kappa shape index (κ1) is 37.0. The van der Waals surface area contributed by atoms with Crippen LogP contribution in [-0.2, 0) is 0 Å². The molecule has 184 valence electrons. The monoisotopic (exact) mass is 490 g/mol. The van der Waals surface area contributed by atoms with Crippen LogP contribution in [0.1, 0.15) is 55.4 Å². The fraction of sp³-hybridized carbons (Fsp3) is 0.800. The molecule has 0 aliphatic rings. The number of hydrogen-bond donors (Lipinski definition) is 2. The van der Waals surface area contributed by atoms with Crippen molar-refractivity contribution in [3.63, 3.8) is 0 Å². The number of halogens is 2. The van der Waals surface area contributed by atoms with Crippen molar-refractivity contribution in [1.82, 2.24) is 10.6 Å². The van der Waals surface area contributed by atoms with Crippen LogP contribution in [0.4, 0.5) is 0 Å². The van der Waals surface area contributed by atoms with E-state index in [0.29, 0.717) is 0 Å². The zero-order valence-corrected chi connectivity index (χ0v) is 23.0. The lowest BCUT2D eigenvalue weighted by Crippen LogP contribution is -2.42. The molecule has 0 radical (unpaired) electrons. The van der Waals surface area contributed by atoms with E-state index in [1.807, 2.05) is 53.9 Å². The molecular weight excluding hydrogens is 451 g/mol. The molecule has 32 heavy (non-hydrogen) atoms. The minimum absolute atomic E-state index is 0. The number of aliphatic imine (C=N–C) groups is 2. The maximum atomic E-state index is 8.58. The van der Waals surface area contributed by atoms with Crippen LogP contribution < -0.4 is 10.6 Å². The molecule has 0 saturated carbocycles. The van der Waals surface area contributed by atoms with Gasteiger partial charge in [-0.15, -0.1) is 24.8 Å². The van der Waals surface area contributed by atoms with Gasteiger partial charge >= 0.3 is 0 Å². The molecule has 2 N–H and O–H groups in total. The number of amidine groups is 2. The van der Waals surface area contributed by atoms with Gasteiger partial charge in [-0.05, 0) is 55.4 Å². The van der Waals surface area contributed by atoms with E-state index in [2.05, 4.69) is 41.1 Å². The van der Waals surface area contributed by atoms with Crippen molar-refractivity contribution >= 4 is 36.5 Å². The van der Waals surface area contributed by atoms with Crippen LogP contribution in [-0.4, -0.2) is 62.0 Å². The van der Waals surface area contributed by atoms with Crippen molar-refractivity contribution in [1.29, 1.82) is 10.5 Å². The predicted molar refractivity (Wildman–Crippen MR) is 137 cm³/mol.